The van der Waals surface area contributed by atoms with Crippen molar-refractivity contribution in [2.75, 3.05) is 19.5 Å². The van der Waals surface area contributed by atoms with Crippen molar-refractivity contribution in [3.8, 4) is 28.7 Å². The number of aromatic nitrogens is 3. The van der Waals surface area contributed by atoms with E-state index < -0.39 is 11.5 Å². The van der Waals surface area contributed by atoms with Gasteiger partial charge in [-0.2, -0.15) is 0 Å². The van der Waals surface area contributed by atoms with Gasteiger partial charge in [0.25, 0.3) is 11.5 Å². The van der Waals surface area contributed by atoms with Crippen LogP contribution in [0.1, 0.15) is 45.7 Å². The number of carbonyl (C=O) groups is 2. The van der Waals surface area contributed by atoms with Gasteiger partial charge in [0.15, 0.2) is 17.3 Å². The van der Waals surface area contributed by atoms with Crippen molar-refractivity contribution < 1.29 is 23.8 Å². The van der Waals surface area contributed by atoms with Crippen molar-refractivity contribution in [1.29, 1.82) is 0 Å². The quantitative estimate of drug-likeness (QED) is 0.243. The highest BCUT2D eigenvalue weighted by Crippen LogP contribution is 2.36. The number of rotatable bonds is 7. The molecule has 2 aromatic carbocycles. The molecule has 0 radical (unpaired) electrons. The van der Waals surface area contributed by atoms with E-state index in [2.05, 4.69) is 15.3 Å². The number of amides is 1. The maximum Gasteiger partial charge on any atom is 0.268 e. The zero-order chi connectivity index (χ0) is 29.9. The Labute approximate surface area is 246 Å². The number of ketones is 1. The van der Waals surface area contributed by atoms with Crippen LogP contribution in [0.4, 0.5) is 5.82 Å². The highest BCUT2D eigenvalue weighted by Gasteiger charge is 2.25. The van der Waals surface area contributed by atoms with E-state index in [1.807, 2.05) is 18.2 Å². The molecule has 0 atom stereocenters. The number of ether oxygens (including phenoxy) is 3. The normalized spacial score (nSPS) is 12.7. The van der Waals surface area contributed by atoms with Crippen LogP contribution >= 0.6 is 0 Å². The fourth-order valence-corrected chi connectivity index (χ4v) is 5.23. The molecule has 216 valence electrons. The van der Waals surface area contributed by atoms with Crippen molar-refractivity contribution in [2.45, 2.75) is 25.7 Å². The lowest BCUT2D eigenvalue weighted by molar-refractivity contribution is 0.0981. The maximum atomic E-state index is 13.7. The molecule has 0 saturated carbocycles. The number of anilines is 1. The second-order valence-corrected chi connectivity index (χ2v) is 9.99. The van der Waals surface area contributed by atoms with Gasteiger partial charge in [0, 0.05) is 41.0 Å². The van der Waals surface area contributed by atoms with Gasteiger partial charge in [-0.25, -0.2) is 4.98 Å². The predicted octanol–water partition coefficient (Wildman–Crippen LogP) is 5.75. The van der Waals surface area contributed by atoms with Crippen LogP contribution in [-0.2, 0) is 6.42 Å². The topological polar surface area (TPSA) is 122 Å². The number of nitrogens with zero attached hydrogens (tertiary/aromatic N) is 3. The number of benzene rings is 2. The number of hydrogen-bond acceptors (Lipinski definition) is 8. The van der Waals surface area contributed by atoms with Gasteiger partial charge in [0.2, 0.25) is 0 Å². The van der Waals surface area contributed by atoms with Crippen molar-refractivity contribution in [3.63, 3.8) is 0 Å². The molecule has 3 aromatic heterocycles. The summed E-state index contributed by atoms with van der Waals surface area (Å²) in [6.07, 6.45) is 5.55. The molecule has 5 aromatic rings. The predicted molar refractivity (Wildman–Crippen MR) is 161 cm³/mol. The van der Waals surface area contributed by atoms with Crippen molar-refractivity contribution >= 4 is 28.4 Å². The number of nitrogens with one attached hydrogen (secondary N) is 1. The van der Waals surface area contributed by atoms with Crippen LogP contribution < -0.4 is 25.1 Å². The first-order chi connectivity index (χ1) is 21.0. The molecule has 43 heavy (non-hydrogen) atoms. The first-order valence-electron chi connectivity index (χ1n) is 13.8. The van der Waals surface area contributed by atoms with Gasteiger partial charge in [-0.1, -0.05) is 18.2 Å². The lowest BCUT2D eigenvalue weighted by atomic mass is 10.0. The number of pyridine rings is 3. The summed E-state index contributed by atoms with van der Waals surface area (Å²) in [6, 6.07) is 19.0. The number of methoxy groups -OCH3 is 2. The van der Waals surface area contributed by atoms with Gasteiger partial charge >= 0.3 is 0 Å². The summed E-state index contributed by atoms with van der Waals surface area (Å²) in [6.45, 7) is 0. The largest absolute Gasteiger partial charge is 0.493 e. The summed E-state index contributed by atoms with van der Waals surface area (Å²) in [4.78, 5) is 48.7. The minimum Gasteiger partial charge on any atom is -0.493 e. The summed E-state index contributed by atoms with van der Waals surface area (Å²) in [5.74, 6) is 1.52. The van der Waals surface area contributed by atoms with Crippen LogP contribution in [0.25, 0.3) is 16.6 Å². The lowest BCUT2D eigenvalue weighted by Gasteiger charge is -2.17. The van der Waals surface area contributed by atoms with Crippen LogP contribution in [0.3, 0.4) is 0 Å². The van der Waals surface area contributed by atoms with Gasteiger partial charge in [0.1, 0.15) is 22.9 Å². The van der Waals surface area contributed by atoms with Gasteiger partial charge in [-0.05, 0) is 61.7 Å². The van der Waals surface area contributed by atoms with E-state index in [4.69, 9.17) is 14.2 Å². The Kier molecular flexibility index (Phi) is 7.57. The Morgan fingerprint density at radius 3 is 2.37 bits per heavy atom. The van der Waals surface area contributed by atoms with E-state index in [1.165, 1.54) is 16.8 Å². The zero-order valence-corrected chi connectivity index (χ0v) is 23.6. The van der Waals surface area contributed by atoms with E-state index in [0.29, 0.717) is 63.7 Å². The fraction of sp³-hybridized carbons (Fsp3) is 0.182. The average molecular weight is 577 g/mol. The van der Waals surface area contributed by atoms with Gasteiger partial charge in [-0.15, -0.1) is 0 Å². The molecule has 0 fully saturated rings. The van der Waals surface area contributed by atoms with Crippen molar-refractivity contribution in [3.05, 3.63) is 106 Å². The van der Waals surface area contributed by atoms with Gasteiger partial charge in [0.05, 0.1) is 25.9 Å². The number of hydrogen-bond donors (Lipinski definition) is 1. The second kappa shape index (κ2) is 11.8. The smallest absolute Gasteiger partial charge is 0.268 e. The summed E-state index contributed by atoms with van der Waals surface area (Å²) >= 11 is 0. The SMILES string of the molecule is COc1cc2nccc(Oc3ccc(NC(=O)c4cc5c(n(-c6ccccc6)c4=O)CCCCC5=O)nc3)c2cc1OC. The molecule has 1 aliphatic rings. The number of Topliss-reactive ketones (excluding diaryl/α,β-unsaturated/α-hetero) is 1. The van der Waals surface area contributed by atoms with Crippen LogP contribution in [0.2, 0.25) is 0 Å². The molecule has 10 nitrogen and oxygen atoms in total. The standard InChI is InChI=1S/C33H28N4O6/c1-41-29-17-22-25(18-30(29)42-2)34-15-14-28(22)43-21-12-13-31(35-19-21)36-32(39)24-16-23-26(10-6-7-11-27(23)38)37(33(24)40)20-8-4-3-5-9-20/h3-5,8-9,12-19H,6-7,10-11H2,1-2H3,(H,35,36,39). The first kappa shape index (κ1) is 27.6. The van der Waals surface area contributed by atoms with Gasteiger partial charge < -0.3 is 19.5 Å². The van der Waals surface area contributed by atoms with E-state index in [9.17, 15) is 14.4 Å². The van der Waals surface area contributed by atoms with Crippen LogP contribution in [-0.4, -0.2) is 40.4 Å². The Hall–Kier alpha value is -5.51. The molecule has 1 N–H and O–H groups in total. The second-order valence-electron chi connectivity index (χ2n) is 9.99. The van der Waals surface area contributed by atoms with E-state index >= 15 is 0 Å². The average Bonchev–Trinajstić information content (AvgIpc) is 3.22. The molecular weight excluding hydrogens is 548 g/mol. The van der Waals surface area contributed by atoms with E-state index in [0.717, 1.165) is 12.8 Å². The number of para-hydroxylation sites is 1. The summed E-state index contributed by atoms with van der Waals surface area (Å²) in [7, 11) is 3.11. The third-order valence-electron chi connectivity index (χ3n) is 7.34. The molecule has 3 heterocycles. The van der Waals surface area contributed by atoms with Crippen LogP contribution in [0, 0.1) is 0 Å². The molecular formula is C33H28N4O6. The fourth-order valence-electron chi connectivity index (χ4n) is 5.23. The number of carbonyl (C=O) groups excluding carboxylic acids is 2. The Bertz CT molecular complexity index is 1900. The van der Waals surface area contributed by atoms with E-state index in [-0.39, 0.29) is 17.2 Å². The lowest BCUT2D eigenvalue weighted by Crippen LogP contribution is -2.32. The minimum absolute atomic E-state index is 0.0782. The molecule has 0 saturated heterocycles. The molecule has 10 heteroatoms. The van der Waals surface area contributed by atoms with Crippen LogP contribution in [0.15, 0.2) is 83.9 Å². The minimum atomic E-state index is -0.656. The maximum absolute atomic E-state index is 13.7. The summed E-state index contributed by atoms with van der Waals surface area (Å²) < 4.78 is 18.3. The van der Waals surface area contributed by atoms with Crippen LogP contribution in [0.5, 0.6) is 23.0 Å². The number of fused-ring (bicyclic) bond motifs is 2. The van der Waals surface area contributed by atoms with Crippen molar-refractivity contribution in [1.82, 2.24) is 14.5 Å². The molecule has 0 unspecified atom stereocenters. The molecule has 0 bridgehead atoms. The molecule has 0 aliphatic heterocycles. The Morgan fingerprint density at radius 1 is 0.860 bits per heavy atom. The Morgan fingerprint density at radius 2 is 1.63 bits per heavy atom. The zero-order valence-electron chi connectivity index (χ0n) is 23.6. The van der Waals surface area contributed by atoms with Gasteiger partial charge in [-0.3, -0.25) is 23.9 Å². The first-order valence-corrected chi connectivity index (χ1v) is 13.8. The molecule has 1 aliphatic carbocycles. The summed E-state index contributed by atoms with van der Waals surface area (Å²) in [5.41, 5.74) is 1.68. The monoisotopic (exact) mass is 576 g/mol. The third-order valence-corrected chi connectivity index (χ3v) is 7.34. The third kappa shape index (κ3) is 5.42. The Balaban J connectivity index is 1.28. The van der Waals surface area contributed by atoms with Crippen molar-refractivity contribution in [2.24, 2.45) is 0 Å². The highest BCUT2D eigenvalue weighted by atomic mass is 16.5. The highest BCUT2D eigenvalue weighted by molar-refractivity contribution is 6.06. The molecule has 1 amide bonds. The van der Waals surface area contributed by atoms with E-state index in [1.54, 1.807) is 62.9 Å². The molecule has 6 rings (SSSR count). The summed E-state index contributed by atoms with van der Waals surface area (Å²) in [5, 5.41) is 3.41. The molecule has 0 spiro atoms.